The first-order valence-corrected chi connectivity index (χ1v) is 14.6. The Labute approximate surface area is 245 Å². The van der Waals surface area contributed by atoms with Crippen LogP contribution in [0.25, 0.3) is 32.9 Å². The van der Waals surface area contributed by atoms with Crippen LogP contribution in [-0.4, -0.2) is 76.7 Å². The van der Waals surface area contributed by atoms with Gasteiger partial charge in [0.05, 0.1) is 18.2 Å². The number of fused-ring (bicyclic) bond motifs is 2. The third-order valence-electron chi connectivity index (χ3n) is 8.47. The minimum atomic E-state index is -2.77. The minimum absolute atomic E-state index is 0.0199. The number of benzene rings is 2. The molecule has 2 N–H and O–H groups in total. The zero-order chi connectivity index (χ0) is 29.1. The predicted octanol–water partition coefficient (Wildman–Crippen LogP) is 5.67. The maximum Gasteiger partial charge on any atom is 0.319 e. The highest BCUT2D eigenvalue weighted by molar-refractivity contribution is 6.36. The highest BCUT2D eigenvalue weighted by atomic mass is 35.5. The molecular weight excluding hydrogens is 569 g/mol. The molecule has 42 heavy (non-hydrogen) atoms. The number of halogens is 4. The summed E-state index contributed by atoms with van der Waals surface area (Å²) in [6, 6.07) is 10.9. The number of anilines is 1. The maximum absolute atomic E-state index is 16.6. The number of nitrogens with zero attached hydrogens (tertiary/aromatic N) is 4. The van der Waals surface area contributed by atoms with Gasteiger partial charge < -0.3 is 20.1 Å². The fourth-order valence-electron chi connectivity index (χ4n) is 6.28. The van der Waals surface area contributed by atoms with E-state index in [4.69, 9.17) is 26.1 Å². The summed E-state index contributed by atoms with van der Waals surface area (Å²) >= 11 is 6.60. The summed E-state index contributed by atoms with van der Waals surface area (Å²) < 4.78 is 57.4. The second-order valence-corrected chi connectivity index (χ2v) is 11.8. The predicted molar refractivity (Wildman–Crippen MR) is 155 cm³/mol. The number of ether oxygens (including phenoxy) is 2. The van der Waals surface area contributed by atoms with E-state index in [1.807, 2.05) is 31.2 Å². The van der Waals surface area contributed by atoms with Gasteiger partial charge in [-0.2, -0.15) is 9.97 Å². The van der Waals surface area contributed by atoms with Gasteiger partial charge in [0.25, 0.3) is 5.92 Å². The van der Waals surface area contributed by atoms with Crippen LogP contribution in [0.1, 0.15) is 26.2 Å². The van der Waals surface area contributed by atoms with E-state index in [9.17, 15) is 8.78 Å². The Morgan fingerprint density at radius 3 is 2.71 bits per heavy atom. The lowest BCUT2D eigenvalue weighted by atomic mass is 9.85. The van der Waals surface area contributed by atoms with Gasteiger partial charge in [-0.15, -0.1) is 0 Å². The van der Waals surface area contributed by atoms with E-state index in [2.05, 4.69) is 20.6 Å². The largest absolute Gasteiger partial charge is 0.474 e. The van der Waals surface area contributed by atoms with Gasteiger partial charge >= 0.3 is 6.01 Å². The van der Waals surface area contributed by atoms with E-state index in [1.165, 1.54) is 0 Å². The van der Waals surface area contributed by atoms with E-state index in [1.54, 1.807) is 17.0 Å². The topological polar surface area (TPSA) is 84.4 Å². The molecule has 0 aliphatic carbocycles. The third-order valence-corrected chi connectivity index (χ3v) is 8.79. The Kier molecular flexibility index (Phi) is 6.79. The molecule has 2 aromatic carbocycles. The third kappa shape index (κ3) is 4.77. The van der Waals surface area contributed by atoms with Crippen LogP contribution in [0.2, 0.25) is 5.02 Å². The molecule has 5 heterocycles. The summed E-state index contributed by atoms with van der Waals surface area (Å²) in [6.45, 7) is 4.06. The number of aromatic nitrogens is 3. The molecule has 2 atom stereocenters. The standard InChI is InChI=1S/C30H30ClF3N6O2/c1-17-8-10-35-11-12-36-26-22-25(38-28(39-26)41-16-29-9-13-40(29)15-30(33,34)14-29)23(32)24(37-27(22)42-17)19-6-2-4-18-5-3-7-20(31)21(18)19/h2-7,17,35H,8-16H2,1H3,(H,36,38,39)/t17-,29-/m0/s1. The molecule has 0 saturated carbocycles. The van der Waals surface area contributed by atoms with E-state index >= 15 is 4.39 Å². The summed E-state index contributed by atoms with van der Waals surface area (Å²) in [6.07, 6.45) is 0.769. The fraction of sp³-hybridized carbons (Fsp3) is 0.433. The van der Waals surface area contributed by atoms with Crippen LogP contribution in [0, 0.1) is 5.82 Å². The summed E-state index contributed by atoms with van der Waals surface area (Å²) in [5.41, 5.74) is -0.283. The van der Waals surface area contributed by atoms with Crippen LogP contribution in [0.15, 0.2) is 36.4 Å². The van der Waals surface area contributed by atoms with Crippen molar-refractivity contribution in [3.8, 4) is 23.1 Å². The van der Waals surface area contributed by atoms with Gasteiger partial charge in [-0.05, 0) is 37.8 Å². The molecular formula is C30H30ClF3N6O2. The van der Waals surface area contributed by atoms with E-state index in [0.29, 0.717) is 59.7 Å². The quantitative estimate of drug-likeness (QED) is 0.311. The van der Waals surface area contributed by atoms with Crippen LogP contribution in [0.3, 0.4) is 0 Å². The number of rotatable bonds is 4. The Morgan fingerprint density at radius 2 is 1.93 bits per heavy atom. The Hall–Kier alpha value is -3.41. The van der Waals surface area contributed by atoms with Crippen molar-refractivity contribution < 1.29 is 22.6 Å². The highest BCUT2D eigenvalue weighted by Gasteiger charge is 2.60. The van der Waals surface area contributed by atoms with Gasteiger partial charge in [-0.25, -0.2) is 18.2 Å². The van der Waals surface area contributed by atoms with Gasteiger partial charge in [0, 0.05) is 42.0 Å². The molecule has 7 rings (SSSR count). The molecule has 2 saturated heterocycles. The van der Waals surface area contributed by atoms with Crippen LogP contribution in [-0.2, 0) is 0 Å². The maximum atomic E-state index is 16.6. The number of alkyl halides is 2. The van der Waals surface area contributed by atoms with E-state index in [-0.39, 0.29) is 48.8 Å². The number of hydrogen-bond donors (Lipinski definition) is 2. The van der Waals surface area contributed by atoms with Gasteiger partial charge in [-0.1, -0.05) is 41.9 Å². The van der Waals surface area contributed by atoms with Crippen molar-refractivity contribution >= 4 is 39.1 Å². The van der Waals surface area contributed by atoms with Crippen molar-refractivity contribution in [3.63, 3.8) is 0 Å². The van der Waals surface area contributed by atoms with Crippen molar-refractivity contribution in [3.05, 3.63) is 47.2 Å². The van der Waals surface area contributed by atoms with Crippen molar-refractivity contribution in [1.82, 2.24) is 25.2 Å². The first kappa shape index (κ1) is 27.4. The molecule has 0 radical (unpaired) electrons. The normalized spacial score (nSPS) is 23.9. The van der Waals surface area contributed by atoms with Crippen LogP contribution in [0.5, 0.6) is 11.9 Å². The molecule has 12 heteroatoms. The second kappa shape index (κ2) is 10.4. The van der Waals surface area contributed by atoms with Gasteiger partial charge in [0.15, 0.2) is 5.82 Å². The average molecular weight is 599 g/mol. The highest BCUT2D eigenvalue weighted by Crippen LogP contribution is 2.48. The second-order valence-electron chi connectivity index (χ2n) is 11.4. The van der Waals surface area contributed by atoms with E-state index in [0.717, 1.165) is 11.9 Å². The molecule has 0 unspecified atom stereocenters. The fourth-order valence-corrected chi connectivity index (χ4v) is 6.56. The van der Waals surface area contributed by atoms with Crippen molar-refractivity contribution in [2.45, 2.75) is 43.8 Å². The lowest BCUT2D eigenvalue weighted by Gasteiger charge is -2.46. The zero-order valence-corrected chi connectivity index (χ0v) is 23.8. The van der Waals surface area contributed by atoms with E-state index < -0.39 is 17.3 Å². The van der Waals surface area contributed by atoms with Gasteiger partial charge in [0.1, 0.15) is 29.0 Å². The first-order valence-electron chi connectivity index (χ1n) is 14.2. The molecule has 0 amide bonds. The molecule has 0 bridgehead atoms. The van der Waals surface area contributed by atoms with Crippen LogP contribution < -0.4 is 20.1 Å². The Balaban J connectivity index is 1.38. The van der Waals surface area contributed by atoms with Crippen LogP contribution in [0.4, 0.5) is 19.0 Å². The summed E-state index contributed by atoms with van der Waals surface area (Å²) in [5, 5.41) is 8.84. The van der Waals surface area contributed by atoms with Gasteiger partial charge in [0.2, 0.25) is 5.88 Å². The summed E-state index contributed by atoms with van der Waals surface area (Å²) in [7, 11) is 0. The van der Waals surface area contributed by atoms with Crippen molar-refractivity contribution in [2.75, 3.05) is 44.6 Å². The number of hydrogen-bond acceptors (Lipinski definition) is 8. The average Bonchev–Trinajstić information content (AvgIpc) is 3.12. The monoisotopic (exact) mass is 598 g/mol. The molecule has 2 fully saturated rings. The Morgan fingerprint density at radius 1 is 1.10 bits per heavy atom. The molecule has 0 spiro atoms. The minimum Gasteiger partial charge on any atom is -0.474 e. The summed E-state index contributed by atoms with van der Waals surface area (Å²) in [4.78, 5) is 15.5. The molecule has 3 aliphatic heterocycles. The van der Waals surface area contributed by atoms with Gasteiger partial charge in [-0.3, -0.25) is 4.90 Å². The lowest BCUT2D eigenvalue weighted by Crippen LogP contribution is -2.59. The molecule has 8 nitrogen and oxygen atoms in total. The van der Waals surface area contributed by atoms with Crippen LogP contribution >= 0.6 is 11.6 Å². The Bertz CT molecular complexity index is 1690. The number of pyridine rings is 1. The van der Waals surface area contributed by atoms with Crippen molar-refractivity contribution in [2.24, 2.45) is 0 Å². The molecule has 3 aliphatic rings. The smallest absolute Gasteiger partial charge is 0.319 e. The van der Waals surface area contributed by atoms with Crippen molar-refractivity contribution in [1.29, 1.82) is 0 Å². The summed E-state index contributed by atoms with van der Waals surface area (Å²) in [5.74, 6) is -2.97. The number of nitrogens with one attached hydrogen (secondary N) is 2. The zero-order valence-electron chi connectivity index (χ0n) is 23.0. The molecule has 220 valence electrons. The molecule has 4 aromatic rings. The SMILES string of the molecule is C[C@H]1CCNCCNc2nc(OC[C@@]34CCN3CC(F)(F)C4)nc3c(F)c(-c4cccc5cccc(Cl)c45)nc(c23)O1. The lowest BCUT2D eigenvalue weighted by molar-refractivity contribution is -0.0132. The first-order chi connectivity index (χ1) is 20.2. The molecule has 2 aromatic heterocycles.